The number of hydrogen-bond acceptors (Lipinski definition) is 4. The summed E-state index contributed by atoms with van der Waals surface area (Å²) in [7, 11) is 1.87. The molecule has 0 aliphatic heterocycles. The molecular weight excluding hydrogens is 230 g/mol. The van der Waals surface area contributed by atoms with Crippen molar-refractivity contribution < 1.29 is 0 Å². The summed E-state index contributed by atoms with van der Waals surface area (Å²) >= 11 is 1.92. The molecule has 0 amide bonds. The third kappa shape index (κ3) is 3.60. The van der Waals surface area contributed by atoms with E-state index in [4.69, 9.17) is 0 Å². The van der Waals surface area contributed by atoms with E-state index in [2.05, 4.69) is 28.3 Å². The fraction of sp³-hybridized carbons (Fsp3) is 0.692. The zero-order valence-corrected chi connectivity index (χ0v) is 11.7. The number of nitrogens with one attached hydrogen (secondary N) is 1. The Morgan fingerprint density at radius 3 is 2.88 bits per heavy atom. The topological polar surface area (TPSA) is 37.8 Å². The van der Waals surface area contributed by atoms with Gasteiger partial charge in [0.05, 0.1) is 0 Å². The number of thioether (sulfide) groups is 1. The number of hydrogen-bond donors (Lipinski definition) is 1. The average Bonchev–Trinajstić information content (AvgIpc) is 2.28. The van der Waals surface area contributed by atoms with Crippen LogP contribution in [0.5, 0.6) is 0 Å². The lowest BCUT2D eigenvalue weighted by molar-refractivity contribution is 0.394. The molecule has 2 rings (SSSR count). The van der Waals surface area contributed by atoms with Crippen molar-refractivity contribution in [2.45, 2.75) is 49.8 Å². The smallest absolute Gasteiger partial charge is 0.223 e. The standard InChI is InChI=1S/C13H21N3S/c1-9-5-4-6-11(7-9)17-12-8-10(2)15-13(14-3)16-12/h8-9,11H,4-7H2,1-3H3,(H,14,15,16). The minimum atomic E-state index is 0.733. The van der Waals surface area contributed by atoms with Crippen LogP contribution in [0.1, 0.15) is 38.3 Å². The fourth-order valence-corrected chi connectivity index (χ4v) is 3.80. The Hall–Kier alpha value is -0.770. The van der Waals surface area contributed by atoms with Crippen LogP contribution in [0.25, 0.3) is 0 Å². The minimum absolute atomic E-state index is 0.733. The maximum Gasteiger partial charge on any atom is 0.223 e. The van der Waals surface area contributed by atoms with Crippen LogP contribution in [0.3, 0.4) is 0 Å². The molecule has 1 aromatic rings. The molecule has 94 valence electrons. The first kappa shape index (κ1) is 12.7. The number of rotatable bonds is 3. The van der Waals surface area contributed by atoms with Crippen LogP contribution >= 0.6 is 11.8 Å². The van der Waals surface area contributed by atoms with E-state index in [1.807, 2.05) is 25.7 Å². The molecule has 1 aliphatic carbocycles. The highest BCUT2D eigenvalue weighted by atomic mass is 32.2. The highest BCUT2D eigenvalue weighted by Gasteiger charge is 2.20. The SMILES string of the molecule is CNc1nc(C)cc(SC2CCCC(C)C2)n1. The summed E-state index contributed by atoms with van der Waals surface area (Å²) < 4.78 is 0. The summed E-state index contributed by atoms with van der Waals surface area (Å²) in [5, 5.41) is 4.86. The summed E-state index contributed by atoms with van der Waals surface area (Å²) in [5.41, 5.74) is 1.04. The van der Waals surface area contributed by atoms with E-state index in [0.29, 0.717) is 0 Å². The van der Waals surface area contributed by atoms with Crippen molar-refractivity contribution in [3.8, 4) is 0 Å². The predicted octanol–water partition coefficient (Wildman–Crippen LogP) is 3.50. The van der Waals surface area contributed by atoms with E-state index in [-0.39, 0.29) is 0 Å². The van der Waals surface area contributed by atoms with E-state index in [1.165, 1.54) is 25.7 Å². The van der Waals surface area contributed by atoms with E-state index >= 15 is 0 Å². The predicted molar refractivity (Wildman–Crippen MR) is 73.6 cm³/mol. The van der Waals surface area contributed by atoms with Crippen LogP contribution in [-0.4, -0.2) is 22.3 Å². The normalized spacial score (nSPS) is 24.6. The van der Waals surface area contributed by atoms with Gasteiger partial charge in [0.2, 0.25) is 5.95 Å². The molecule has 1 aromatic heterocycles. The van der Waals surface area contributed by atoms with Gasteiger partial charge in [-0.15, -0.1) is 11.8 Å². The van der Waals surface area contributed by atoms with Gasteiger partial charge in [-0.2, -0.15) is 0 Å². The first-order chi connectivity index (χ1) is 8.17. The summed E-state index contributed by atoms with van der Waals surface area (Å²) in [6.07, 6.45) is 5.40. The zero-order chi connectivity index (χ0) is 12.3. The number of aryl methyl sites for hydroxylation is 1. The van der Waals surface area contributed by atoms with E-state index < -0.39 is 0 Å². The van der Waals surface area contributed by atoms with Crippen LogP contribution < -0.4 is 5.32 Å². The lowest BCUT2D eigenvalue weighted by atomic mass is 9.91. The van der Waals surface area contributed by atoms with Crippen molar-refractivity contribution >= 4 is 17.7 Å². The first-order valence-electron chi connectivity index (χ1n) is 6.37. The Labute approximate surface area is 108 Å². The number of aromatic nitrogens is 2. The van der Waals surface area contributed by atoms with E-state index in [0.717, 1.165) is 27.8 Å². The third-order valence-electron chi connectivity index (χ3n) is 3.23. The quantitative estimate of drug-likeness (QED) is 0.834. The van der Waals surface area contributed by atoms with E-state index in [1.54, 1.807) is 0 Å². The first-order valence-corrected chi connectivity index (χ1v) is 7.25. The van der Waals surface area contributed by atoms with Crippen LogP contribution in [0.2, 0.25) is 0 Å². The van der Waals surface area contributed by atoms with Crippen LogP contribution in [0.4, 0.5) is 5.95 Å². The van der Waals surface area contributed by atoms with Gasteiger partial charge in [-0.1, -0.05) is 19.8 Å². The second kappa shape index (κ2) is 5.71. The molecule has 0 saturated heterocycles. The molecule has 1 fully saturated rings. The second-order valence-electron chi connectivity index (χ2n) is 4.93. The molecule has 0 spiro atoms. The maximum absolute atomic E-state index is 4.51. The third-order valence-corrected chi connectivity index (χ3v) is 4.44. The molecule has 2 unspecified atom stereocenters. The molecule has 0 radical (unpaired) electrons. The highest BCUT2D eigenvalue weighted by molar-refractivity contribution is 7.99. The number of anilines is 1. The fourth-order valence-electron chi connectivity index (χ4n) is 2.37. The zero-order valence-electron chi connectivity index (χ0n) is 10.9. The van der Waals surface area contributed by atoms with Gasteiger partial charge in [0.25, 0.3) is 0 Å². The van der Waals surface area contributed by atoms with Gasteiger partial charge in [0.15, 0.2) is 0 Å². The van der Waals surface area contributed by atoms with Gasteiger partial charge >= 0.3 is 0 Å². The molecule has 1 N–H and O–H groups in total. The minimum Gasteiger partial charge on any atom is -0.357 e. The molecular formula is C13H21N3S. The molecule has 0 aromatic carbocycles. The number of nitrogens with zero attached hydrogens (tertiary/aromatic N) is 2. The summed E-state index contributed by atoms with van der Waals surface area (Å²) in [5.74, 6) is 1.60. The summed E-state index contributed by atoms with van der Waals surface area (Å²) in [4.78, 5) is 8.84. The van der Waals surface area contributed by atoms with Crippen molar-refractivity contribution in [2.24, 2.45) is 5.92 Å². The summed E-state index contributed by atoms with van der Waals surface area (Å²) in [6, 6.07) is 2.09. The van der Waals surface area contributed by atoms with Crippen molar-refractivity contribution in [2.75, 3.05) is 12.4 Å². The maximum atomic E-state index is 4.51. The molecule has 1 heterocycles. The van der Waals surface area contributed by atoms with E-state index in [9.17, 15) is 0 Å². The van der Waals surface area contributed by atoms with Crippen LogP contribution in [0.15, 0.2) is 11.1 Å². The largest absolute Gasteiger partial charge is 0.357 e. The van der Waals surface area contributed by atoms with Gasteiger partial charge in [-0.05, 0) is 31.7 Å². The Balaban J connectivity index is 2.04. The van der Waals surface area contributed by atoms with Gasteiger partial charge in [-0.25, -0.2) is 9.97 Å². The van der Waals surface area contributed by atoms with Gasteiger partial charge in [0, 0.05) is 18.0 Å². The average molecular weight is 251 g/mol. The Kier molecular flexibility index (Phi) is 4.26. The van der Waals surface area contributed by atoms with Gasteiger partial charge < -0.3 is 5.32 Å². The van der Waals surface area contributed by atoms with Crippen molar-refractivity contribution in [1.82, 2.24) is 9.97 Å². The lowest BCUT2D eigenvalue weighted by Crippen LogP contribution is -2.15. The monoisotopic (exact) mass is 251 g/mol. The second-order valence-corrected chi connectivity index (χ2v) is 6.25. The Bertz CT molecular complexity index is 381. The molecule has 4 heteroatoms. The molecule has 2 atom stereocenters. The van der Waals surface area contributed by atoms with Crippen molar-refractivity contribution in [3.63, 3.8) is 0 Å². The highest BCUT2D eigenvalue weighted by Crippen LogP contribution is 2.35. The van der Waals surface area contributed by atoms with Gasteiger partial charge in [0.1, 0.15) is 5.03 Å². The van der Waals surface area contributed by atoms with Crippen molar-refractivity contribution in [3.05, 3.63) is 11.8 Å². The molecule has 1 saturated carbocycles. The Morgan fingerprint density at radius 1 is 1.35 bits per heavy atom. The van der Waals surface area contributed by atoms with Crippen molar-refractivity contribution in [1.29, 1.82) is 0 Å². The molecule has 0 bridgehead atoms. The molecule has 1 aliphatic rings. The lowest BCUT2D eigenvalue weighted by Gasteiger charge is -2.25. The molecule has 3 nitrogen and oxygen atoms in total. The molecule has 17 heavy (non-hydrogen) atoms. The Morgan fingerprint density at radius 2 is 2.18 bits per heavy atom. The summed E-state index contributed by atoms with van der Waals surface area (Å²) in [6.45, 7) is 4.38. The van der Waals surface area contributed by atoms with Crippen LogP contribution in [0, 0.1) is 12.8 Å². The van der Waals surface area contributed by atoms with Crippen LogP contribution in [-0.2, 0) is 0 Å². The van der Waals surface area contributed by atoms with Gasteiger partial charge in [-0.3, -0.25) is 0 Å².